The van der Waals surface area contributed by atoms with E-state index in [0.717, 1.165) is 24.1 Å². The Bertz CT molecular complexity index is 2440. The van der Waals surface area contributed by atoms with Crippen molar-refractivity contribution < 1.29 is 4.79 Å². The lowest BCUT2D eigenvalue weighted by atomic mass is 10.1. The van der Waals surface area contributed by atoms with Crippen LogP contribution in [0.15, 0.2) is 78.9 Å². The number of thiophene rings is 4. The Kier molecular flexibility index (Phi) is 8.25. The number of para-hydroxylation sites is 1. The number of carbonyl (C=O) groups excluding carboxylic acids is 1. The summed E-state index contributed by atoms with van der Waals surface area (Å²) in [6.07, 6.45) is 4.05. The van der Waals surface area contributed by atoms with Crippen molar-refractivity contribution in [3.63, 3.8) is 0 Å². The highest BCUT2D eigenvalue weighted by Gasteiger charge is 2.30. The van der Waals surface area contributed by atoms with Gasteiger partial charge in [-0.15, -0.1) is 57.1 Å². The van der Waals surface area contributed by atoms with Gasteiger partial charge in [0.2, 0.25) is 0 Å². The van der Waals surface area contributed by atoms with Crippen LogP contribution in [0.25, 0.3) is 62.7 Å². The summed E-state index contributed by atoms with van der Waals surface area (Å²) in [5, 5.41) is 3.05. The average molecular weight is 718 g/mol. The number of aryl methyl sites for hydroxylation is 4. The molecule has 5 aromatic heterocycles. The van der Waals surface area contributed by atoms with Gasteiger partial charge in [0.1, 0.15) is 0 Å². The van der Waals surface area contributed by atoms with E-state index in [0.29, 0.717) is 5.25 Å². The summed E-state index contributed by atoms with van der Waals surface area (Å²) in [5.74, 6) is 0. The van der Waals surface area contributed by atoms with E-state index < -0.39 is 0 Å². The molecule has 1 unspecified atom stereocenters. The monoisotopic (exact) mass is 717 g/mol. The third kappa shape index (κ3) is 5.22. The molecule has 1 atom stereocenters. The van der Waals surface area contributed by atoms with Gasteiger partial charge in [0.05, 0.1) is 4.88 Å². The van der Waals surface area contributed by atoms with Crippen LogP contribution in [0.5, 0.6) is 0 Å². The minimum atomic E-state index is 0.419. The number of carbonyl (C=O) groups is 1. The molecule has 1 aliphatic rings. The molecule has 8 rings (SSSR count). The minimum absolute atomic E-state index is 0.419. The number of rotatable bonds is 8. The maximum Gasteiger partial charge on any atom is 0.160 e. The predicted molar refractivity (Wildman–Crippen MR) is 217 cm³/mol. The van der Waals surface area contributed by atoms with Crippen LogP contribution in [0.3, 0.4) is 0 Å². The molecule has 0 radical (unpaired) electrons. The molecule has 0 N–H and O–H groups in total. The lowest BCUT2D eigenvalue weighted by Crippen LogP contribution is -1.92. The topological polar surface area (TPSA) is 22.0 Å². The molecule has 0 amide bonds. The molecular formula is C41H35NOS5. The van der Waals surface area contributed by atoms with Crippen LogP contribution in [-0.4, -0.2) is 10.9 Å². The number of aromatic nitrogens is 1. The highest BCUT2D eigenvalue weighted by atomic mass is 32.2. The zero-order valence-electron chi connectivity index (χ0n) is 27.6. The summed E-state index contributed by atoms with van der Waals surface area (Å²) in [5.41, 5.74) is 10.4. The van der Waals surface area contributed by atoms with Gasteiger partial charge in [-0.25, -0.2) is 0 Å². The number of thioether (sulfide) groups is 1. The molecule has 2 aromatic carbocycles. The van der Waals surface area contributed by atoms with E-state index in [1.165, 1.54) is 94.2 Å². The number of nitrogens with zero attached hydrogens (tertiary/aromatic N) is 1. The fraction of sp³-hybridized carbons (Fsp3) is 0.195. The van der Waals surface area contributed by atoms with E-state index in [1.54, 1.807) is 11.3 Å². The van der Waals surface area contributed by atoms with Crippen LogP contribution in [0.2, 0.25) is 0 Å². The molecule has 0 saturated carbocycles. The van der Waals surface area contributed by atoms with Crippen molar-refractivity contribution in [1.82, 2.24) is 4.57 Å². The Labute approximate surface area is 302 Å². The average Bonchev–Trinajstić information content (AvgIpc) is 3.93. The molecule has 48 heavy (non-hydrogen) atoms. The number of hydrogen-bond acceptors (Lipinski definition) is 6. The van der Waals surface area contributed by atoms with Crippen molar-refractivity contribution in [2.75, 3.05) is 0 Å². The predicted octanol–water partition coefficient (Wildman–Crippen LogP) is 14.1. The second-order valence-electron chi connectivity index (χ2n) is 12.6. The molecule has 7 heteroatoms. The smallest absolute Gasteiger partial charge is 0.160 e. The molecule has 7 aromatic rings. The minimum Gasteiger partial charge on any atom is -0.341 e. The van der Waals surface area contributed by atoms with Gasteiger partial charge in [-0.3, -0.25) is 4.79 Å². The van der Waals surface area contributed by atoms with Crippen molar-refractivity contribution >= 4 is 96.2 Å². The van der Waals surface area contributed by atoms with Gasteiger partial charge >= 0.3 is 0 Å². The van der Waals surface area contributed by atoms with Crippen molar-refractivity contribution in [2.45, 2.75) is 52.8 Å². The van der Waals surface area contributed by atoms with E-state index in [-0.39, 0.29) is 0 Å². The van der Waals surface area contributed by atoms with Crippen molar-refractivity contribution in [3.05, 3.63) is 116 Å². The van der Waals surface area contributed by atoms with Crippen LogP contribution in [0.1, 0.15) is 67.2 Å². The zero-order chi connectivity index (χ0) is 33.3. The second kappa shape index (κ2) is 12.5. The first-order valence-corrected chi connectivity index (χ1v) is 20.3. The highest BCUT2D eigenvalue weighted by molar-refractivity contribution is 8.09. The summed E-state index contributed by atoms with van der Waals surface area (Å²) >= 11 is 9.34. The van der Waals surface area contributed by atoms with Gasteiger partial charge in [0.15, 0.2) is 6.29 Å². The summed E-state index contributed by atoms with van der Waals surface area (Å²) < 4.78 is 2.41. The highest BCUT2D eigenvalue weighted by Crippen LogP contribution is 2.57. The quantitative estimate of drug-likeness (QED) is 0.146. The van der Waals surface area contributed by atoms with Crippen molar-refractivity contribution in [1.29, 1.82) is 0 Å². The summed E-state index contributed by atoms with van der Waals surface area (Å²) in [4.78, 5) is 22.9. The lowest BCUT2D eigenvalue weighted by molar-refractivity contribution is 0.112. The van der Waals surface area contributed by atoms with Crippen LogP contribution in [0.4, 0.5) is 0 Å². The number of hydrogen-bond donors (Lipinski definition) is 0. The first-order chi connectivity index (χ1) is 23.3. The standard InChI is InChI=1S/C41H35NOS5/c1-7-26-20-36(48-41(26)27-13-14-32-30(19-27)29-11-9-10-12-31(29)42(32)8-2)40-25(6)18-35(47-40)39-24(5)17-34(46-39)38-23(4)16-33(45-38)37-22(3)15-28(21-43)44-37/h7,9-17,19-21,35H,1,8,18H2,2-6H3. The fourth-order valence-electron chi connectivity index (χ4n) is 7.08. The molecule has 240 valence electrons. The first-order valence-electron chi connectivity index (χ1n) is 16.2. The van der Waals surface area contributed by atoms with E-state index in [2.05, 4.69) is 106 Å². The number of aldehydes is 1. The van der Waals surface area contributed by atoms with Gasteiger partial charge in [-0.1, -0.05) is 42.5 Å². The maximum atomic E-state index is 11.4. The van der Waals surface area contributed by atoms with Crippen LogP contribution >= 0.6 is 57.1 Å². The van der Waals surface area contributed by atoms with Crippen molar-refractivity contribution in [2.24, 2.45) is 0 Å². The largest absolute Gasteiger partial charge is 0.341 e. The first kappa shape index (κ1) is 31.8. The Morgan fingerprint density at radius 2 is 1.48 bits per heavy atom. The lowest BCUT2D eigenvalue weighted by Gasteiger charge is -2.09. The van der Waals surface area contributed by atoms with Gasteiger partial charge in [-0.2, -0.15) is 0 Å². The zero-order valence-corrected chi connectivity index (χ0v) is 31.7. The van der Waals surface area contributed by atoms with Crippen molar-refractivity contribution in [3.8, 4) is 29.9 Å². The molecule has 0 fully saturated rings. The molecule has 1 aliphatic heterocycles. The molecule has 6 heterocycles. The van der Waals surface area contributed by atoms with Crippen LogP contribution < -0.4 is 0 Å². The van der Waals surface area contributed by atoms with Crippen LogP contribution in [-0.2, 0) is 6.54 Å². The van der Waals surface area contributed by atoms with E-state index >= 15 is 0 Å². The number of allylic oxidation sites excluding steroid dienone is 1. The van der Waals surface area contributed by atoms with Gasteiger partial charge in [-0.05, 0) is 111 Å². The SMILES string of the molecule is C=Cc1cc(C2=C(C)CC(c3sc(-c4sc(-c5sc(C=O)cc5C)cc4C)cc3C)S2)sc1-c1ccc2c(c1)c1ccccc1n2CC. The third-order valence-corrected chi connectivity index (χ3v) is 16.5. The molecule has 0 spiro atoms. The van der Waals surface area contributed by atoms with E-state index in [9.17, 15) is 4.79 Å². The normalized spacial score (nSPS) is 15.0. The second-order valence-corrected chi connectivity index (χ2v) is 18.1. The Morgan fingerprint density at radius 3 is 2.25 bits per heavy atom. The van der Waals surface area contributed by atoms with Gasteiger partial charge in [0.25, 0.3) is 0 Å². The fourth-order valence-corrected chi connectivity index (χ4v) is 13.8. The van der Waals surface area contributed by atoms with Gasteiger partial charge < -0.3 is 4.57 Å². The van der Waals surface area contributed by atoms with E-state index in [1.807, 2.05) is 57.9 Å². The molecule has 0 saturated heterocycles. The summed E-state index contributed by atoms with van der Waals surface area (Å²) in [6, 6.07) is 24.8. The summed E-state index contributed by atoms with van der Waals surface area (Å²) in [7, 11) is 0. The number of fused-ring (bicyclic) bond motifs is 3. The van der Waals surface area contributed by atoms with Gasteiger partial charge in [0, 0.05) is 72.6 Å². The molecular weight excluding hydrogens is 683 g/mol. The third-order valence-electron chi connectivity index (χ3n) is 9.36. The molecule has 0 bridgehead atoms. The molecule has 2 nitrogen and oxygen atoms in total. The number of benzene rings is 2. The Hall–Kier alpha value is -3.46. The summed E-state index contributed by atoms with van der Waals surface area (Å²) in [6.45, 7) is 16.3. The Morgan fingerprint density at radius 1 is 0.771 bits per heavy atom. The van der Waals surface area contributed by atoms with E-state index in [4.69, 9.17) is 0 Å². The molecule has 0 aliphatic carbocycles. The van der Waals surface area contributed by atoms with Crippen LogP contribution in [0, 0.1) is 20.8 Å². The maximum absolute atomic E-state index is 11.4. The Balaban J connectivity index is 1.09.